The van der Waals surface area contributed by atoms with Gasteiger partial charge in [0.25, 0.3) is 10.0 Å². The van der Waals surface area contributed by atoms with Crippen LogP contribution in [0.4, 0.5) is 5.82 Å². The van der Waals surface area contributed by atoms with Gasteiger partial charge in [-0.05, 0) is 18.8 Å². The Balaban J connectivity index is 1.64. The van der Waals surface area contributed by atoms with Crippen LogP contribution in [-0.2, 0) is 17.1 Å². The summed E-state index contributed by atoms with van der Waals surface area (Å²) in [4.78, 5) is 14.7. The second-order valence-electron chi connectivity index (χ2n) is 6.52. The van der Waals surface area contributed by atoms with Crippen LogP contribution in [0, 0.1) is 5.92 Å². The first-order valence-corrected chi connectivity index (χ1v) is 9.49. The third-order valence-electron chi connectivity index (χ3n) is 4.79. The number of sulfonamides is 1. The molecule has 0 unspecified atom stereocenters. The molecule has 3 aliphatic rings. The first kappa shape index (κ1) is 15.5. The SMILES string of the molecule is Cn1cnc(S(=O)(=O)N2C[C@H]3CC[C@@H]2CN(c2cnccn2)C3)c1. The summed E-state index contributed by atoms with van der Waals surface area (Å²) in [7, 11) is -1.79. The fourth-order valence-electron chi connectivity index (χ4n) is 3.62. The van der Waals surface area contributed by atoms with Crippen LogP contribution in [0.1, 0.15) is 12.8 Å². The van der Waals surface area contributed by atoms with Crippen LogP contribution >= 0.6 is 0 Å². The summed E-state index contributed by atoms with van der Waals surface area (Å²) in [6, 6.07) is -0.0576. The predicted molar refractivity (Wildman–Crippen MR) is 87.9 cm³/mol. The zero-order valence-electron chi connectivity index (χ0n) is 13.5. The molecule has 2 atom stereocenters. The molecule has 0 saturated carbocycles. The summed E-state index contributed by atoms with van der Waals surface area (Å²) in [6.07, 6.45) is 10.0. The molecule has 2 aromatic heterocycles. The summed E-state index contributed by atoms with van der Waals surface area (Å²) in [6.45, 7) is 1.99. The van der Waals surface area contributed by atoms with Crippen molar-refractivity contribution in [1.82, 2.24) is 23.8 Å². The van der Waals surface area contributed by atoms with Crippen molar-refractivity contribution in [3.8, 4) is 0 Å². The molecule has 0 radical (unpaired) electrons. The van der Waals surface area contributed by atoms with Gasteiger partial charge in [0.2, 0.25) is 0 Å². The third-order valence-corrected chi connectivity index (χ3v) is 6.60. The predicted octanol–water partition coefficient (Wildman–Crippen LogP) is 0.500. The summed E-state index contributed by atoms with van der Waals surface area (Å²) in [5.74, 6) is 1.11. The fraction of sp³-hybridized carbons (Fsp3) is 0.533. The quantitative estimate of drug-likeness (QED) is 0.803. The van der Waals surface area contributed by atoms with E-state index >= 15 is 0 Å². The minimum Gasteiger partial charge on any atom is -0.353 e. The van der Waals surface area contributed by atoms with Crippen LogP contribution in [-0.4, -0.2) is 57.9 Å². The fourth-order valence-corrected chi connectivity index (χ4v) is 5.31. The maximum absolute atomic E-state index is 13.0. The van der Waals surface area contributed by atoms with Gasteiger partial charge in [0.15, 0.2) is 5.03 Å². The van der Waals surface area contributed by atoms with Gasteiger partial charge >= 0.3 is 0 Å². The van der Waals surface area contributed by atoms with Crippen LogP contribution in [0.3, 0.4) is 0 Å². The number of aromatic nitrogens is 4. The normalized spacial score (nSPS) is 25.0. The largest absolute Gasteiger partial charge is 0.353 e. The van der Waals surface area contributed by atoms with E-state index in [4.69, 9.17) is 0 Å². The van der Waals surface area contributed by atoms with Crippen molar-refractivity contribution in [3.63, 3.8) is 0 Å². The number of anilines is 1. The molecule has 2 bridgehead atoms. The molecule has 8 nitrogen and oxygen atoms in total. The summed E-state index contributed by atoms with van der Waals surface area (Å²) in [5, 5.41) is 0.128. The van der Waals surface area contributed by atoms with Gasteiger partial charge < -0.3 is 9.47 Å². The average molecular weight is 348 g/mol. The Kier molecular flexibility index (Phi) is 3.76. The molecule has 3 fully saturated rings. The molecule has 0 N–H and O–H groups in total. The van der Waals surface area contributed by atoms with Crippen molar-refractivity contribution in [1.29, 1.82) is 0 Å². The van der Waals surface area contributed by atoms with Crippen molar-refractivity contribution in [2.24, 2.45) is 13.0 Å². The molecule has 5 rings (SSSR count). The summed E-state index contributed by atoms with van der Waals surface area (Å²) < 4.78 is 29.3. The number of nitrogens with zero attached hydrogens (tertiary/aromatic N) is 6. The Hall–Kier alpha value is -2.00. The lowest BCUT2D eigenvalue weighted by molar-refractivity contribution is 0.230. The Morgan fingerprint density at radius 3 is 2.71 bits per heavy atom. The van der Waals surface area contributed by atoms with Gasteiger partial charge in [-0.15, -0.1) is 0 Å². The Labute approximate surface area is 141 Å². The zero-order chi connectivity index (χ0) is 16.7. The zero-order valence-corrected chi connectivity index (χ0v) is 14.3. The van der Waals surface area contributed by atoms with Gasteiger partial charge in [0.1, 0.15) is 5.82 Å². The van der Waals surface area contributed by atoms with E-state index < -0.39 is 10.0 Å². The maximum Gasteiger partial charge on any atom is 0.262 e. The second kappa shape index (κ2) is 5.82. The molecule has 0 aromatic carbocycles. The molecular formula is C15H20N6O2S. The Morgan fingerprint density at radius 1 is 1.12 bits per heavy atom. The highest BCUT2D eigenvalue weighted by Gasteiger charge is 2.42. The van der Waals surface area contributed by atoms with E-state index in [-0.39, 0.29) is 11.1 Å². The van der Waals surface area contributed by atoms with Crippen molar-refractivity contribution in [3.05, 3.63) is 31.1 Å². The smallest absolute Gasteiger partial charge is 0.262 e. The maximum atomic E-state index is 13.0. The average Bonchev–Trinajstić information content (AvgIpc) is 2.83. The van der Waals surface area contributed by atoms with Gasteiger partial charge in [-0.1, -0.05) is 0 Å². The molecule has 3 saturated heterocycles. The summed E-state index contributed by atoms with van der Waals surface area (Å²) >= 11 is 0. The molecular weight excluding hydrogens is 328 g/mol. The lowest BCUT2D eigenvalue weighted by Gasteiger charge is -2.34. The highest BCUT2D eigenvalue weighted by molar-refractivity contribution is 7.89. The molecule has 0 spiro atoms. The highest BCUT2D eigenvalue weighted by atomic mass is 32.2. The minimum absolute atomic E-state index is 0.0576. The number of piperidine rings is 1. The Morgan fingerprint density at radius 2 is 2.00 bits per heavy atom. The Bertz CT molecular complexity index is 821. The van der Waals surface area contributed by atoms with Crippen LogP contribution in [0.25, 0.3) is 0 Å². The first-order valence-electron chi connectivity index (χ1n) is 8.05. The van der Waals surface area contributed by atoms with Crippen molar-refractivity contribution in [2.75, 3.05) is 24.5 Å². The van der Waals surface area contributed by atoms with Gasteiger partial charge in [-0.25, -0.2) is 18.4 Å². The second-order valence-corrected chi connectivity index (χ2v) is 8.36. The number of rotatable bonds is 3. The third kappa shape index (κ3) is 2.67. The topological polar surface area (TPSA) is 84.2 Å². The number of hydrogen-bond acceptors (Lipinski definition) is 6. The standard InChI is InChI=1S/C15H20N6O2S/c1-19-10-15(18-11-19)24(22,23)21-8-12-2-3-13(21)9-20(7-12)14-6-16-4-5-17-14/h4-6,10-13H,2-3,7-9H2,1H3/t12-,13+/m0/s1. The lowest BCUT2D eigenvalue weighted by atomic mass is 9.97. The molecule has 24 heavy (non-hydrogen) atoms. The van der Waals surface area contributed by atoms with Gasteiger partial charge in [-0.2, -0.15) is 4.31 Å². The highest BCUT2D eigenvalue weighted by Crippen LogP contribution is 2.33. The monoisotopic (exact) mass is 348 g/mol. The van der Waals surface area contributed by atoms with Gasteiger partial charge in [0, 0.05) is 51.3 Å². The molecule has 9 heteroatoms. The van der Waals surface area contributed by atoms with E-state index in [2.05, 4.69) is 19.9 Å². The molecule has 0 amide bonds. The van der Waals surface area contributed by atoms with E-state index in [0.29, 0.717) is 19.0 Å². The van der Waals surface area contributed by atoms with Crippen molar-refractivity contribution in [2.45, 2.75) is 23.9 Å². The van der Waals surface area contributed by atoms with Crippen LogP contribution < -0.4 is 4.90 Å². The minimum atomic E-state index is -3.56. The molecule has 5 heterocycles. The van der Waals surface area contributed by atoms with E-state index in [0.717, 1.165) is 25.2 Å². The molecule has 0 aliphatic carbocycles. The first-order chi connectivity index (χ1) is 11.5. The van der Waals surface area contributed by atoms with E-state index in [1.165, 1.54) is 6.33 Å². The van der Waals surface area contributed by atoms with Gasteiger partial charge in [0.05, 0.1) is 12.5 Å². The van der Waals surface area contributed by atoms with Gasteiger partial charge in [-0.3, -0.25) is 4.98 Å². The van der Waals surface area contributed by atoms with Crippen molar-refractivity contribution >= 4 is 15.8 Å². The molecule has 3 aliphatic heterocycles. The van der Waals surface area contributed by atoms with E-state index in [9.17, 15) is 8.42 Å². The van der Waals surface area contributed by atoms with Crippen LogP contribution in [0.5, 0.6) is 0 Å². The molecule has 128 valence electrons. The number of imidazole rings is 1. The summed E-state index contributed by atoms with van der Waals surface area (Å²) in [5.41, 5.74) is 0. The van der Waals surface area contributed by atoms with Crippen molar-refractivity contribution < 1.29 is 8.42 Å². The van der Waals surface area contributed by atoms with Crippen LogP contribution in [0.2, 0.25) is 0 Å². The number of aryl methyl sites for hydroxylation is 1. The molecule has 2 aromatic rings. The van der Waals surface area contributed by atoms with Crippen LogP contribution in [0.15, 0.2) is 36.1 Å². The number of hydrogen-bond donors (Lipinski definition) is 0. The van der Waals surface area contributed by atoms with E-state index in [1.807, 2.05) is 0 Å². The van der Waals surface area contributed by atoms with E-state index in [1.54, 1.807) is 40.7 Å². The lowest BCUT2D eigenvalue weighted by Crippen LogP contribution is -2.47. The number of fused-ring (bicyclic) bond motifs is 4.